The number of rotatable bonds is 10. The number of unbranched alkanes of at least 4 members (excludes halogenated alkanes) is 1. The second kappa shape index (κ2) is 9.10. The van der Waals surface area contributed by atoms with Crippen molar-refractivity contribution >= 4 is 17.3 Å². The van der Waals surface area contributed by atoms with Gasteiger partial charge >= 0.3 is 5.69 Å². The predicted octanol–water partition coefficient (Wildman–Crippen LogP) is 3.59. The number of aromatic nitrogens is 2. The van der Waals surface area contributed by atoms with Gasteiger partial charge in [0.25, 0.3) is 0 Å². The van der Waals surface area contributed by atoms with Crippen LogP contribution < -0.4 is 10.6 Å². The minimum absolute atomic E-state index is 0.0723. The Labute approximate surface area is 125 Å². The van der Waals surface area contributed by atoms with Gasteiger partial charge in [-0.2, -0.15) is 0 Å². The molecule has 1 rings (SSSR count). The van der Waals surface area contributed by atoms with Crippen LogP contribution in [0.5, 0.6) is 0 Å². The quantitative estimate of drug-likeness (QED) is 0.506. The smallest absolute Gasteiger partial charge is 0.353 e. The molecule has 0 aliphatic carbocycles. The van der Waals surface area contributed by atoms with Gasteiger partial charge in [0, 0.05) is 12.6 Å². The van der Waals surface area contributed by atoms with Gasteiger partial charge < -0.3 is 10.6 Å². The van der Waals surface area contributed by atoms with E-state index in [4.69, 9.17) is 0 Å². The number of hydrogen-bond donors (Lipinski definition) is 2. The fraction of sp³-hybridized carbons (Fsp3) is 0.714. The van der Waals surface area contributed by atoms with E-state index < -0.39 is 4.92 Å². The third kappa shape index (κ3) is 5.17. The Hall–Kier alpha value is -1.92. The van der Waals surface area contributed by atoms with E-state index in [1.807, 2.05) is 6.92 Å². The van der Waals surface area contributed by atoms with Crippen LogP contribution in [0.2, 0.25) is 0 Å². The van der Waals surface area contributed by atoms with Gasteiger partial charge in [-0.15, -0.1) is 0 Å². The molecule has 0 aliphatic heterocycles. The van der Waals surface area contributed by atoms with Crippen molar-refractivity contribution in [2.24, 2.45) is 0 Å². The number of nitro groups is 1. The summed E-state index contributed by atoms with van der Waals surface area (Å²) in [6.45, 7) is 6.70. The van der Waals surface area contributed by atoms with Crippen molar-refractivity contribution in [3.05, 3.63) is 16.4 Å². The Kier molecular flexibility index (Phi) is 7.42. The minimum atomic E-state index is -0.427. The van der Waals surface area contributed by atoms with Gasteiger partial charge in [-0.3, -0.25) is 10.1 Å². The molecule has 1 heterocycles. The molecule has 0 amide bonds. The zero-order valence-electron chi connectivity index (χ0n) is 13.1. The maximum absolute atomic E-state index is 11.3. The second-order valence-electron chi connectivity index (χ2n) is 4.98. The first-order valence-electron chi connectivity index (χ1n) is 7.63. The predicted molar refractivity (Wildman–Crippen MR) is 84.7 cm³/mol. The molecule has 118 valence electrons. The van der Waals surface area contributed by atoms with Gasteiger partial charge in [-0.05, 0) is 19.8 Å². The molecular weight excluding hydrogens is 270 g/mol. The maximum Gasteiger partial charge on any atom is 0.353 e. The molecule has 0 fully saturated rings. The van der Waals surface area contributed by atoms with Gasteiger partial charge in [-0.1, -0.05) is 33.1 Å². The van der Waals surface area contributed by atoms with Crippen LogP contribution in [0.4, 0.5) is 17.3 Å². The first kappa shape index (κ1) is 17.1. The highest BCUT2D eigenvalue weighted by atomic mass is 16.6. The van der Waals surface area contributed by atoms with Crippen LogP contribution in [0, 0.1) is 10.1 Å². The van der Waals surface area contributed by atoms with Gasteiger partial charge in [0.2, 0.25) is 11.6 Å². The van der Waals surface area contributed by atoms with Crippen LogP contribution in [0.15, 0.2) is 6.33 Å². The standard InChI is InChI=1S/C14H25N5O2/c1-4-7-9-11(8-5-2)18-14-12(19(20)21)13(15-6-3)16-10-17-14/h10-11H,4-9H2,1-3H3,(H2,15,16,17,18). The molecule has 0 aliphatic rings. The summed E-state index contributed by atoms with van der Waals surface area (Å²) in [5.41, 5.74) is -0.0723. The Morgan fingerprint density at radius 2 is 1.90 bits per heavy atom. The van der Waals surface area contributed by atoms with Crippen molar-refractivity contribution in [3.8, 4) is 0 Å². The number of nitrogens with zero attached hydrogens (tertiary/aromatic N) is 3. The lowest BCUT2D eigenvalue weighted by atomic mass is 10.1. The number of nitrogens with one attached hydrogen (secondary N) is 2. The zero-order chi connectivity index (χ0) is 15.7. The van der Waals surface area contributed by atoms with Crippen LogP contribution in [-0.2, 0) is 0 Å². The van der Waals surface area contributed by atoms with Crippen LogP contribution in [0.3, 0.4) is 0 Å². The van der Waals surface area contributed by atoms with E-state index in [0.717, 1.165) is 32.1 Å². The minimum Gasteiger partial charge on any atom is -0.364 e. The third-order valence-corrected chi connectivity index (χ3v) is 3.23. The number of hydrogen-bond acceptors (Lipinski definition) is 6. The summed E-state index contributed by atoms with van der Waals surface area (Å²) in [5, 5.41) is 17.5. The van der Waals surface area contributed by atoms with Crippen LogP contribution >= 0.6 is 0 Å². The van der Waals surface area contributed by atoms with E-state index in [-0.39, 0.29) is 17.5 Å². The number of anilines is 2. The summed E-state index contributed by atoms with van der Waals surface area (Å²) in [6.07, 6.45) is 6.54. The first-order valence-corrected chi connectivity index (χ1v) is 7.63. The molecular formula is C14H25N5O2. The normalized spacial score (nSPS) is 12.0. The average molecular weight is 295 g/mol. The zero-order valence-corrected chi connectivity index (χ0v) is 13.1. The largest absolute Gasteiger partial charge is 0.364 e. The van der Waals surface area contributed by atoms with E-state index in [9.17, 15) is 10.1 Å². The molecule has 1 aromatic rings. The molecule has 0 bridgehead atoms. The van der Waals surface area contributed by atoms with Crippen molar-refractivity contribution in [2.45, 2.75) is 58.9 Å². The molecule has 0 aromatic carbocycles. The van der Waals surface area contributed by atoms with E-state index >= 15 is 0 Å². The lowest BCUT2D eigenvalue weighted by Crippen LogP contribution is -2.21. The fourth-order valence-corrected chi connectivity index (χ4v) is 2.24. The van der Waals surface area contributed by atoms with Crippen molar-refractivity contribution in [1.29, 1.82) is 0 Å². The maximum atomic E-state index is 11.3. The SMILES string of the molecule is CCCCC(CCC)Nc1ncnc(NCC)c1[N+](=O)[O-]. The summed E-state index contributed by atoms with van der Waals surface area (Å²) < 4.78 is 0. The van der Waals surface area contributed by atoms with Crippen molar-refractivity contribution in [3.63, 3.8) is 0 Å². The summed E-state index contributed by atoms with van der Waals surface area (Å²) >= 11 is 0. The van der Waals surface area contributed by atoms with Gasteiger partial charge in [-0.25, -0.2) is 9.97 Å². The molecule has 7 nitrogen and oxygen atoms in total. The summed E-state index contributed by atoms with van der Waals surface area (Å²) in [7, 11) is 0. The lowest BCUT2D eigenvalue weighted by Gasteiger charge is -2.18. The molecule has 2 N–H and O–H groups in total. The monoisotopic (exact) mass is 295 g/mol. The third-order valence-electron chi connectivity index (χ3n) is 3.23. The fourth-order valence-electron chi connectivity index (χ4n) is 2.24. The molecule has 1 aromatic heterocycles. The highest BCUT2D eigenvalue weighted by Crippen LogP contribution is 2.30. The van der Waals surface area contributed by atoms with Crippen LogP contribution in [0.1, 0.15) is 52.9 Å². The molecule has 1 atom stereocenters. The van der Waals surface area contributed by atoms with Gasteiger partial charge in [0.1, 0.15) is 6.33 Å². The van der Waals surface area contributed by atoms with E-state index in [1.54, 1.807) is 0 Å². The van der Waals surface area contributed by atoms with Crippen LogP contribution in [-0.4, -0.2) is 27.5 Å². The van der Waals surface area contributed by atoms with Crippen molar-refractivity contribution in [1.82, 2.24) is 9.97 Å². The van der Waals surface area contributed by atoms with Gasteiger partial charge in [0.05, 0.1) is 4.92 Å². The Morgan fingerprint density at radius 1 is 1.19 bits per heavy atom. The summed E-state index contributed by atoms with van der Waals surface area (Å²) in [4.78, 5) is 18.9. The highest BCUT2D eigenvalue weighted by Gasteiger charge is 2.24. The second-order valence-corrected chi connectivity index (χ2v) is 4.98. The van der Waals surface area contributed by atoms with E-state index in [1.165, 1.54) is 6.33 Å². The lowest BCUT2D eigenvalue weighted by molar-refractivity contribution is -0.383. The highest BCUT2D eigenvalue weighted by molar-refractivity contribution is 5.69. The Balaban J connectivity index is 2.98. The average Bonchev–Trinajstić information content (AvgIpc) is 2.45. The van der Waals surface area contributed by atoms with Gasteiger partial charge in [0.15, 0.2) is 0 Å². The molecule has 0 saturated carbocycles. The van der Waals surface area contributed by atoms with Crippen LogP contribution in [0.25, 0.3) is 0 Å². The molecule has 0 radical (unpaired) electrons. The van der Waals surface area contributed by atoms with Crippen molar-refractivity contribution < 1.29 is 4.92 Å². The topological polar surface area (TPSA) is 93.0 Å². The summed E-state index contributed by atoms with van der Waals surface area (Å²) in [5.74, 6) is 0.575. The Bertz CT molecular complexity index is 453. The summed E-state index contributed by atoms with van der Waals surface area (Å²) in [6, 6.07) is 0.207. The molecule has 0 spiro atoms. The molecule has 7 heteroatoms. The van der Waals surface area contributed by atoms with E-state index in [0.29, 0.717) is 12.4 Å². The van der Waals surface area contributed by atoms with Crippen molar-refractivity contribution in [2.75, 3.05) is 17.2 Å². The Morgan fingerprint density at radius 3 is 2.48 bits per heavy atom. The van der Waals surface area contributed by atoms with E-state index in [2.05, 4.69) is 34.4 Å². The first-order chi connectivity index (χ1) is 10.1. The molecule has 1 unspecified atom stereocenters. The molecule has 21 heavy (non-hydrogen) atoms. The molecule has 0 saturated heterocycles.